The van der Waals surface area contributed by atoms with Crippen LogP contribution in [0.1, 0.15) is 17.5 Å². The number of alkyl carbamates (subject to hydrolysis) is 1. The minimum absolute atomic E-state index is 0.265. The number of hydrogen-bond acceptors (Lipinski definition) is 3. The molecule has 0 aliphatic carbocycles. The topological polar surface area (TPSA) is 58.6 Å². The van der Waals surface area contributed by atoms with Crippen LogP contribution in [0.2, 0.25) is 0 Å². The summed E-state index contributed by atoms with van der Waals surface area (Å²) in [5.74, 6) is 0.265. The molecule has 0 atom stereocenters. The third-order valence-electron chi connectivity index (χ3n) is 4.21. The third-order valence-corrected chi connectivity index (χ3v) is 4.21. The summed E-state index contributed by atoms with van der Waals surface area (Å²) >= 11 is 0. The highest BCUT2D eigenvalue weighted by Gasteiger charge is 2.01. The second-order valence-electron chi connectivity index (χ2n) is 6.35. The summed E-state index contributed by atoms with van der Waals surface area (Å²) in [5, 5.41) is 12.1. The van der Waals surface area contributed by atoms with Crippen LogP contribution in [0, 0.1) is 0 Å². The maximum Gasteiger partial charge on any atom is 0.407 e. The van der Waals surface area contributed by atoms with Crippen molar-refractivity contribution in [2.24, 2.45) is 0 Å². The number of carbonyl (C=O) groups excluding carboxylic acids is 1. The van der Waals surface area contributed by atoms with E-state index in [1.165, 1.54) is 0 Å². The molecule has 4 nitrogen and oxygen atoms in total. The molecule has 0 aliphatic rings. The Morgan fingerprint density at radius 1 is 0.893 bits per heavy atom. The van der Waals surface area contributed by atoms with Crippen molar-refractivity contribution in [3.05, 3.63) is 96.1 Å². The zero-order valence-electron chi connectivity index (χ0n) is 15.5. The fourth-order valence-corrected chi connectivity index (χ4v) is 2.69. The summed E-state index contributed by atoms with van der Waals surface area (Å²) < 4.78 is 5.17. The summed E-state index contributed by atoms with van der Waals surface area (Å²) in [6.45, 7) is 0.797. The molecule has 3 aromatic carbocycles. The van der Waals surface area contributed by atoms with Crippen LogP contribution in [0.15, 0.2) is 84.9 Å². The van der Waals surface area contributed by atoms with Crippen molar-refractivity contribution >= 4 is 12.2 Å². The highest BCUT2D eigenvalue weighted by molar-refractivity contribution is 5.67. The van der Waals surface area contributed by atoms with Crippen molar-refractivity contribution in [3.8, 4) is 16.9 Å². The van der Waals surface area contributed by atoms with Crippen molar-refractivity contribution in [1.82, 2.24) is 5.32 Å². The van der Waals surface area contributed by atoms with Gasteiger partial charge in [0.25, 0.3) is 0 Å². The Morgan fingerprint density at radius 2 is 1.54 bits per heavy atom. The van der Waals surface area contributed by atoms with E-state index in [1.54, 1.807) is 12.1 Å². The number of aromatic hydroxyl groups is 1. The molecule has 142 valence electrons. The minimum Gasteiger partial charge on any atom is -0.508 e. The summed E-state index contributed by atoms with van der Waals surface area (Å²) in [4.78, 5) is 11.7. The Labute approximate surface area is 165 Å². The Bertz CT molecular complexity index is 901. The summed E-state index contributed by atoms with van der Waals surface area (Å²) in [5.41, 5.74) is 4.22. The molecule has 0 spiro atoms. The number of carbonyl (C=O) groups is 1. The number of hydrogen-bond donors (Lipinski definition) is 2. The fraction of sp³-hybridized carbons (Fsp3) is 0.125. The molecule has 0 saturated carbocycles. The number of amides is 1. The van der Waals surface area contributed by atoms with E-state index in [-0.39, 0.29) is 12.4 Å². The molecule has 28 heavy (non-hydrogen) atoms. The van der Waals surface area contributed by atoms with Crippen molar-refractivity contribution in [3.63, 3.8) is 0 Å². The summed E-state index contributed by atoms with van der Waals surface area (Å²) in [6.07, 6.45) is 4.36. The van der Waals surface area contributed by atoms with E-state index in [0.29, 0.717) is 6.54 Å². The van der Waals surface area contributed by atoms with Gasteiger partial charge in [0, 0.05) is 6.54 Å². The number of rotatable bonds is 7. The zero-order chi connectivity index (χ0) is 19.6. The van der Waals surface area contributed by atoms with E-state index >= 15 is 0 Å². The van der Waals surface area contributed by atoms with Crippen LogP contribution in [0.4, 0.5) is 4.79 Å². The second-order valence-corrected chi connectivity index (χ2v) is 6.35. The lowest BCUT2D eigenvalue weighted by Crippen LogP contribution is -2.24. The van der Waals surface area contributed by atoms with Gasteiger partial charge in [-0.2, -0.15) is 0 Å². The third kappa shape index (κ3) is 6.02. The normalized spacial score (nSPS) is 10.7. The Balaban J connectivity index is 1.38. The molecule has 3 aromatic rings. The fourth-order valence-electron chi connectivity index (χ4n) is 2.69. The van der Waals surface area contributed by atoms with Gasteiger partial charge in [-0.3, -0.25) is 0 Å². The molecular weight excluding hydrogens is 350 g/mol. The minimum atomic E-state index is -0.407. The number of phenols is 1. The summed E-state index contributed by atoms with van der Waals surface area (Å²) in [7, 11) is 0. The largest absolute Gasteiger partial charge is 0.508 e. The molecule has 2 N–H and O–H groups in total. The molecule has 0 fully saturated rings. The van der Waals surface area contributed by atoms with Crippen LogP contribution in [-0.4, -0.2) is 17.7 Å². The maximum atomic E-state index is 11.7. The van der Waals surface area contributed by atoms with E-state index in [9.17, 15) is 9.90 Å². The van der Waals surface area contributed by atoms with Crippen LogP contribution >= 0.6 is 0 Å². The first-order valence-electron chi connectivity index (χ1n) is 9.21. The number of phenolic OH excluding ortho intramolecular Hbond substituents is 1. The molecule has 0 bridgehead atoms. The molecule has 0 radical (unpaired) electrons. The van der Waals surface area contributed by atoms with E-state index in [0.717, 1.165) is 28.7 Å². The van der Waals surface area contributed by atoms with Gasteiger partial charge in [-0.25, -0.2) is 4.79 Å². The van der Waals surface area contributed by atoms with Crippen molar-refractivity contribution < 1.29 is 14.6 Å². The van der Waals surface area contributed by atoms with Gasteiger partial charge < -0.3 is 15.2 Å². The van der Waals surface area contributed by atoms with Gasteiger partial charge in [0.15, 0.2) is 0 Å². The van der Waals surface area contributed by atoms with Gasteiger partial charge in [-0.1, -0.05) is 78.9 Å². The number of nitrogens with one attached hydrogen (secondary N) is 1. The standard InChI is InChI=1S/C24H23NO3/c26-23-15-13-22(14-16-23)21-11-9-19(10-12-21)6-4-5-17-25-24(27)28-18-20-7-2-1-3-8-20/h1-4,6-16,26H,5,17-18H2,(H,25,27). The lowest BCUT2D eigenvalue weighted by atomic mass is 10.0. The first-order chi connectivity index (χ1) is 13.7. The lowest BCUT2D eigenvalue weighted by molar-refractivity contribution is 0.140. The van der Waals surface area contributed by atoms with E-state index in [2.05, 4.69) is 5.32 Å². The quantitative estimate of drug-likeness (QED) is 0.546. The second kappa shape index (κ2) is 9.97. The van der Waals surface area contributed by atoms with E-state index in [4.69, 9.17) is 4.74 Å². The molecule has 3 rings (SSSR count). The van der Waals surface area contributed by atoms with Crippen LogP contribution < -0.4 is 5.32 Å². The zero-order valence-corrected chi connectivity index (χ0v) is 15.5. The molecule has 0 aromatic heterocycles. The number of benzene rings is 3. The first kappa shape index (κ1) is 19.2. The molecule has 0 aliphatic heterocycles. The van der Waals surface area contributed by atoms with Gasteiger partial charge in [0.1, 0.15) is 12.4 Å². The molecule has 0 heterocycles. The van der Waals surface area contributed by atoms with Crippen LogP contribution in [0.3, 0.4) is 0 Å². The lowest BCUT2D eigenvalue weighted by Gasteiger charge is -2.06. The van der Waals surface area contributed by atoms with Gasteiger partial charge in [0.05, 0.1) is 0 Å². The average Bonchev–Trinajstić information content (AvgIpc) is 2.74. The highest BCUT2D eigenvalue weighted by atomic mass is 16.5. The molecular formula is C24H23NO3. The average molecular weight is 373 g/mol. The van der Waals surface area contributed by atoms with Crippen LogP contribution in [0.25, 0.3) is 17.2 Å². The first-order valence-corrected chi connectivity index (χ1v) is 9.21. The predicted molar refractivity (Wildman–Crippen MR) is 112 cm³/mol. The van der Waals surface area contributed by atoms with Crippen LogP contribution in [-0.2, 0) is 11.3 Å². The van der Waals surface area contributed by atoms with Crippen molar-refractivity contribution in [1.29, 1.82) is 0 Å². The predicted octanol–water partition coefficient (Wildman–Crippen LogP) is 5.39. The Morgan fingerprint density at radius 3 is 2.21 bits per heavy atom. The number of ether oxygens (including phenoxy) is 1. The Hall–Kier alpha value is -3.53. The van der Waals surface area contributed by atoms with Gasteiger partial charge >= 0.3 is 6.09 Å². The van der Waals surface area contributed by atoms with Crippen LogP contribution in [0.5, 0.6) is 5.75 Å². The van der Waals surface area contributed by atoms with E-state index < -0.39 is 6.09 Å². The van der Waals surface area contributed by atoms with Gasteiger partial charge in [-0.05, 0) is 40.8 Å². The van der Waals surface area contributed by atoms with E-state index in [1.807, 2.05) is 78.9 Å². The van der Waals surface area contributed by atoms with Crippen molar-refractivity contribution in [2.45, 2.75) is 13.0 Å². The molecule has 1 amide bonds. The van der Waals surface area contributed by atoms with Gasteiger partial charge in [0.2, 0.25) is 0 Å². The molecule has 0 saturated heterocycles. The summed E-state index contributed by atoms with van der Waals surface area (Å²) in [6, 6.07) is 24.9. The van der Waals surface area contributed by atoms with Gasteiger partial charge in [-0.15, -0.1) is 0 Å². The SMILES string of the molecule is O=C(NCCC=Cc1ccc(-c2ccc(O)cc2)cc1)OCc1ccccc1. The van der Waals surface area contributed by atoms with Crippen molar-refractivity contribution in [2.75, 3.05) is 6.54 Å². The smallest absolute Gasteiger partial charge is 0.407 e. The Kier molecular flexibility index (Phi) is 6.85. The molecule has 4 heteroatoms. The maximum absolute atomic E-state index is 11.7. The highest BCUT2D eigenvalue weighted by Crippen LogP contribution is 2.22. The molecule has 0 unspecified atom stereocenters. The monoisotopic (exact) mass is 373 g/mol.